The van der Waals surface area contributed by atoms with Crippen LogP contribution in [-0.2, 0) is 14.8 Å². The summed E-state index contributed by atoms with van der Waals surface area (Å²) in [5, 5.41) is 3.15. The molecule has 156 valence electrons. The van der Waals surface area contributed by atoms with Gasteiger partial charge in [0.15, 0.2) is 0 Å². The number of carbonyl (C=O) groups is 1. The van der Waals surface area contributed by atoms with Crippen molar-refractivity contribution in [2.75, 3.05) is 23.3 Å². The van der Waals surface area contributed by atoms with Gasteiger partial charge in [0.2, 0.25) is 5.91 Å². The highest BCUT2D eigenvalue weighted by Gasteiger charge is 2.28. The van der Waals surface area contributed by atoms with Gasteiger partial charge in [0.05, 0.1) is 17.7 Å². The van der Waals surface area contributed by atoms with Crippen molar-refractivity contribution >= 4 is 38.9 Å². The predicted molar refractivity (Wildman–Crippen MR) is 119 cm³/mol. The summed E-state index contributed by atoms with van der Waals surface area (Å²) < 4.78 is 32.9. The van der Waals surface area contributed by atoms with Crippen molar-refractivity contribution in [2.45, 2.75) is 11.8 Å². The van der Waals surface area contributed by atoms with E-state index in [2.05, 4.69) is 5.32 Å². The second kappa shape index (κ2) is 9.19. The highest BCUT2D eigenvalue weighted by molar-refractivity contribution is 7.92. The van der Waals surface area contributed by atoms with Gasteiger partial charge in [-0.2, -0.15) is 0 Å². The van der Waals surface area contributed by atoms with Crippen LogP contribution in [0, 0.1) is 6.92 Å². The number of benzene rings is 3. The number of para-hydroxylation sites is 1. The first-order valence-corrected chi connectivity index (χ1v) is 10.9. The van der Waals surface area contributed by atoms with Crippen LogP contribution in [-0.4, -0.2) is 28.0 Å². The molecule has 0 heterocycles. The van der Waals surface area contributed by atoms with Gasteiger partial charge in [-0.15, -0.1) is 0 Å². The quantitative estimate of drug-likeness (QED) is 0.582. The maximum Gasteiger partial charge on any atom is 0.264 e. The SMILES string of the molecule is COc1ccc(NC(=O)CN(c2ccccc2C)S(=O)(=O)c2ccc(Cl)cc2)cc1. The third-order valence-corrected chi connectivity index (χ3v) is 6.47. The van der Waals surface area contributed by atoms with E-state index in [0.29, 0.717) is 22.1 Å². The number of hydrogen-bond donors (Lipinski definition) is 1. The zero-order valence-corrected chi connectivity index (χ0v) is 18.1. The molecule has 0 fully saturated rings. The number of anilines is 2. The van der Waals surface area contributed by atoms with E-state index in [9.17, 15) is 13.2 Å². The molecule has 0 spiro atoms. The van der Waals surface area contributed by atoms with Crippen LogP contribution in [0.5, 0.6) is 5.75 Å². The molecule has 0 atom stereocenters. The molecular formula is C22H21ClN2O4S. The number of carbonyl (C=O) groups excluding carboxylic acids is 1. The number of nitrogens with one attached hydrogen (secondary N) is 1. The first-order chi connectivity index (χ1) is 14.3. The van der Waals surface area contributed by atoms with Gasteiger partial charge in [-0.25, -0.2) is 8.42 Å². The molecule has 0 aromatic heterocycles. The van der Waals surface area contributed by atoms with E-state index in [-0.39, 0.29) is 11.4 Å². The summed E-state index contributed by atoms with van der Waals surface area (Å²) in [6, 6.07) is 19.6. The fraction of sp³-hybridized carbons (Fsp3) is 0.136. The molecule has 8 heteroatoms. The van der Waals surface area contributed by atoms with E-state index in [1.165, 1.54) is 24.3 Å². The summed E-state index contributed by atoms with van der Waals surface area (Å²) >= 11 is 5.90. The van der Waals surface area contributed by atoms with Crippen molar-refractivity contribution in [1.82, 2.24) is 0 Å². The molecule has 3 aromatic carbocycles. The smallest absolute Gasteiger partial charge is 0.264 e. The standard InChI is InChI=1S/C22H21ClN2O4S/c1-16-5-3-4-6-21(16)25(30(27,28)20-13-7-17(23)8-14-20)15-22(26)24-18-9-11-19(29-2)12-10-18/h3-14H,15H2,1-2H3,(H,24,26). The lowest BCUT2D eigenvalue weighted by molar-refractivity contribution is -0.114. The third kappa shape index (κ3) is 4.93. The topological polar surface area (TPSA) is 75.7 Å². The van der Waals surface area contributed by atoms with Crippen molar-refractivity contribution < 1.29 is 17.9 Å². The maximum atomic E-state index is 13.4. The molecule has 30 heavy (non-hydrogen) atoms. The molecule has 0 aliphatic carbocycles. The molecule has 0 aliphatic rings. The minimum atomic E-state index is -4.00. The van der Waals surface area contributed by atoms with Gasteiger partial charge in [0.1, 0.15) is 12.3 Å². The zero-order chi connectivity index (χ0) is 21.7. The van der Waals surface area contributed by atoms with E-state index in [0.717, 1.165) is 9.87 Å². The molecular weight excluding hydrogens is 424 g/mol. The van der Waals surface area contributed by atoms with Gasteiger partial charge in [-0.3, -0.25) is 9.10 Å². The van der Waals surface area contributed by atoms with E-state index in [1.807, 2.05) is 6.07 Å². The Morgan fingerprint density at radius 1 is 1.00 bits per heavy atom. The summed E-state index contributed by atoms with van der Waals surface area (Å²) in [4.78, 5) is 12.8. The summed E-state index contributed by atoms with van der Waals surface area (Å²) in [5.74, 6) is 0.181. The summed E-state index contributed by atoms with van der Waals surface area (Å²) in [6.07, 6.45) is 0. The van der Waals surface area contributed by atoms with Gasteiger partial charge in [-0.1, -0.05) is 29.8 Å². The first kappa shape index (κ1) is 21.7. The van der Waals surface area contributed by atoms with E-state index in [1.54, 1.807) is 56.5 Å². The van der Waals surface area contributed by atoms with Crippen LogP contribution in [0.15, 0.2) is 77.7 Å². The lowest BCUT2D eigenvalue weighted by Crippen LogP contribution is -2.38. The Morgan fingerprint density at radius 3 is 2.23 bits per heavy atom. The molecule has 0 aliphatic heterocycles. The monoisotopic (exact) mass is 444 g/mol. The number of nitrogens with zero attached hydrogens (tertiary/aromatic N) is 1. The Kier molecular flexibility index (Phi) is 6.64. The molecule has 1 N–H and O–H groups in total. The largest absolute Gasteiger partial charge is 0.497 e. The van der Waals surface area contributed by atoms with Crippen molar-refractivity contribution in [3.05, 3.63) is 83.4 Å². The van der Waals surface area contributed by atoms with Crippen LogP contribution in [0.4, 0.5) is 11.4 Å². The Morgan fingerprint density at radius 2 is 1.63 bits per heavy atom. The average Bonchev–Trinajstić information content (AvgIpc) is 2.73. The number of rotatable bonds is 7. The number of aryl methyl sites for hydroxylation is 1. The van der Waals surface area contributed by atoms with Crippen molar-refractivity contribution in [1.29, 1.82) is 0 Å². The number of hydrogen-bond acceptors (Lipinski definition) is 4. The molecule has 0 saturated heterocycles. The highest BCUT2D eigenvalue weighted by atomic mass is 35.5. The molecule has 3 aromatic rings. The Labute approximate surface area is 181 Å². The van der Waals surface area contributed by atoms with Gasteiger partial charge in [0.25, 0.3) is 10.0 Å². The lowest BCUT2D eigenvalue weighted by atomic mass is 10.2. The van der Waals surface area contributed by atoms with Crippen molar-refractivity contribution in [2.24, 2.45) is 0 Å². The normalized spacial score (nSPS) is 11.0. The molecule has 0 unspecified atom stereocenters. The maximum absolute atomic E-state index is 13.4. The van der Waals surface area contributed by atoms with Gasteiger partial charge in [-0.05, 0) is 67.1 Å². The van der Waals surface area contributed by atoms with Crippen LogP contribution in [0.1, 0.15) is 5.56 Å². The van der Waals surface area contributed by atoms with Crippen LogP contribution >= 0.6 is 11.6 Å². The second-order valence-electron chi connectivity index (χ2n) is 6.53. The number of amides is 1. The number of ether oxygens (including phenoxy) is 1. The van der Waals surface area contributed by atoms with E-state index < -0.39 is 15.9 Å². The molecule has 0 radical (unpaired) electrons. The fourth-order valence-electron chi connectivity index (χ4n) is 2.88. The van der Waals surface area contributed by atoms with Crippen LogP contribution in [0.3, 0.4) is 0 Å². The summed E-state index contributed by atoms with van der Waals surface area (Å²) in [5.41, 5.74) is 1.69. The summed E-state index contributed by atoms with van der Waals surface area (Å²) in [6.45, 7) is 1.41. The Hall–Kier alpha value is -3.03. The number of sulfonamides is 1. The van der Waals surface area contributed by atoms with Gasteiger partial charge >= 0.3 is 0 Å². The minimum Gasteiger partial charge on any atom is -0.497 e. The fourth-order valence-corrected chi connectivity index (χ4v) is 4.49. The summed E-state index contributed by atoms with van der Waals surface area (Å²) in [7, 11) is -2.45. The lowest BCUT2D eigenvalue weighted by Gasteiger charge is -2.25. The molecule has 0 saturated carbocycles. The van der Waals surface area contributed by atoms with Crippen LogP contribution < -0.4 is 14.4 Å². The molecule has 0 bridgehead atoms. The van der Waals surface area contributed by atoms with Gasteiger partial charge < -0.3 is 10.1 Å². The molecule has 3 rings (SSSR count). The van der Waals surface area contributed by atoms with Crippen LogP contribution in [0.2, 0.25) is 5.02 Å². The van der Waals surface area contributed by atoms with Crippen molar-refractivity contribution in [3.63, 3.8) is 0 Å². The zero-order valence-electron chi connectivity index (χ0n) is 16.5. The van der Waals surface area contributed by atoms with Crippen molar-refractivity contribution in [3.8, 4) is 5.75 Å². The minimum absolute atomic E-state index is 0.0485. The Balaban J connectivity index is 1.92. The Bertz CT molecular complexity index is 1130. The van der Waals surface area contributed by atoms with Crippen LogP contribution in [0.25, 0.3) is 0 Å². The van der Waals surface area contributed by atoms with Gasteiger partial charge in [0, 0.05) is 10.7 Å². The first-order valence-electron chi connectivity index (χ1n) is 9.09. The van der Waals surface area contributed by atoms with E-state index in [4.69, 9.17) is 16.3 Å². The second-order valence-corrected chi connectivity index (χ2v) is 8.83. The third-order valence-electron chi connectivity index (χ3n) is 4.45. The predicted octanol–water partition coefficient (Wildman–Crippen LogP) is 4.49. The molecule has 1 amide bonds. The average molecular weight is 445 g/mol. The highest BCUT2D eigenvalue weighted by Crippen LogP contribution is 2.27. The molecule has 6 nitrogen and oxygen atoms in total. The van der Waals surface area contributed by atoms with E-state index >= 15 is 0 Å². The number of halogens is 1. The number of methoxy groups -OCH3 is 1.